The van der Waals surface area contributed by atoms with E-state index in [0.29, 0.717) is 30.8 Å². The van der Waals surface area contributed by atoms with Gasteiger partial charge in [0.05, 0.1) is 0 Å². The molecule has 5 nitrogen and oxygen atoms in total. The van der Waals surface area contributed by atoms with Crippen LogP contribution in [0, 0.1) is 0 Å². The third-order valence-electron chi connectivity index (χ3n) is 5.37. The van der Waals surface area contributed by atoms with Crippen LogP contribution >= 0.6 is 0 Å². The molecule has 0 radical (unpaired) electrons. The molecule has 0 aromatic heterocycles. The van der Waals surface area contributed by atoms with Crippen LogP contribution in [0.3, 0.4) is 0 Å². The maximum atomic E-state index is 13.1. The standard InChI is InChI=1S/C23H28N2O3S/c1-3-15-25(23(27)19-9-11-21(12-10-19)29(2)28)20-13-16-24(17-14-20)22(26)18-7-5-4-6-8-18/h4-12,20H,3,13-17H2,1-2H3. The van der Waals surface area contributed by atoms with E-state index in [1.807, 2.05) is 40.1 Å². The van der Waals surface area contributed by atoms with E-state index in [2.05, 4.69) is 6.92 Å². The van der Waals surface area contributed by atoms with Crippen LogP contribution in [0.15, 0.2) is 59.5 Å². The van der Waals surface area contributed by atoms with Crippen LogP contribution in [0.5, 0.6) is 0 Å². The zero-order valence-corrected chi connectivity index (χ0v) is 17.9. The molecule has 1 heterocycles. The van der Waals surface area contributed by atoms with Crippen LogP contribution in [0.2, 0.25) is 0 Å². The Morgan fingerprint density at radius 3 is 2.17 bits per heavy atom. The molecule has 29 heavy (non-hydrogen) atoms. The van der Waals surface area contributed by atoms with Gasteiger partial charge in [0.1, 0.15) is 0 Å². The van der Waals surface area contributed by atoms with Crippen LogP contribution in [0.1, 0.15) is 46.9 Å². The van der Waals surface area contributed by atoms with E-state index < -0.39 is 10.8 Å². The van der Waals surface area contributed by atoms with Crippen LogP contribution in [-0.4, -0.2) is 57.8 Å². The number of rotatable bonds is 6. The summed E-state index contributed by atoms with van der Waals surface area (Å²) in [4.78, 5) is 30.3. The summed E-state index contributed by atoms with van der Waals surface area (Å²) in [6.07, 6.45) is 4.07. The first-order chi connectivity index (χ1) is 14.0. The molecule has 1 fully saturated rings. The average Bonchev–Trinajstić information content (AvgIpc) is 2.77. The van der Waals surface area contributed by atoms with Gasteiger partial charge in [-0.3, -0.25) is 13.8 Å². The molecule has 154 valence electrons. The third kappa shape index (κ3) is 5.12. The summed E-state index contributed by atoms with van der Waals surface area (Å²) in [7, 11) is -1.06. The van der Waals surface area contributed by atoms with Gasteiger partial charge in [-0.25, -0.2) is 0 Å². The van der Waals surface area contributed by atoms with E-state index in [-0.39, 0.29) is 17.9 Å². The second kappa shape index (κ2) is 9.83. The minimum Gasteiger partial charge on any atom is -0.338 e. The van der Waals surface area contributed by atoms with Crippen molar-refractivity contribution in [2.45, 2.75) is 37.1 Å². The first-order valence-corrected chi connectivity index (χ1v) is 11.7. The normalized spacial score (nSPS) is 15.7. The summed E-state index contributed by atoms with van der Waals surface area (Å²) in [5.41, 5.74) is 1.33. The highest BCUT2D eigenvalue weighted by atomic mass is 32.2. The largest absolute Gasteiger partial charge is 0.338 e. The van der Waals surface area contributed by atoms with Crippen LogP contribution in [0.4, 0.5) is 0 Å². The number of hydrogen-bond donors (Lipinski definition) is 0. The molecule has 1 aliphatic heterocycles. The van der Waals surface area contributed by atoms with Gasteiger partial charge >= 0.3 is 0 Å². The second-order valence-corrected chi connectivity index (χ2v) is 8.75. The Morgan fingerprint density at radius 2 is 1.62 bits per heavy atom. The van der Waals surface area contributed by atoms with Gasteiger partial charge in [-0.1, -0.05) is 25.1 Å². The molecule has 6 heteroatoms. The fourth-order valence-corrected chi connectivity index (χ4v) is 4.31. The number of carbonyl (C=O) groups excluding carboxylic acids is 2. The van der Waals surface area contributed by atoms with Crippen LogP contribution in [-0.2, 0) is 10.8 Å². The van der Waals surface area contributed by atoms with Gasteiger partial charge in [0, 0.05) is 58.8 Å². The van der Waals surface area contributed by atoms with Gasteiger partial charge in [-0.15, -0.1) is 0 Å². The van der Waals surface area contributed by atoms with E-state index >= 15 is 0 Å². The molecule has 2 aromatic carbocycles. The summed E-state index contributed by atoms with van der Waals surface area (Å²) in [5, 5.41) is 0. The van der Waals surface area contributed by atoms with Gasteiger partial charge in [-0.05, 0) is 55.7 Å². The van der Waals surface area contributed by atoms with Crippen molar-refractivity contribution in [2.75, 3.05) is 25.9 Å². The molecule has 0 bridgehead atoms. The monoisotopic (exact) mass is 412 g/mol. The number of piperidine rings is 1. The Bertz CT molecular complexity index is 859. The Morgan fingerprint density at radius 1 is 1.00 bits per heavy atom. The first-order valence-electron chi connectivity index (χ1n) is 10.1. The fourth-order valence-electron chi connectivity index (χ4n) is 3.79. The quantitative estimate of drug-likeness (QED) is 0.729. The van der Waals surface area contributed by atoms with Crippen molar-refractivity contribution in [1.29, 1.82) is 0 Å². The predicted molar refractivity (Wildman–Crippen MR) is 115 cm³/mol. The Hall–Kier alpha value is -2.47. The lowest BCUT2D eigenvalue weighted by Gasteiger charge is -2.38. The molecule has 1 atom stereocenters. The number of hydrogen-bond acceptors (Lipinski definition) is 3. The Kier molecular flexibility index (Phi) is 7.20. The number of benzene rings is 2. The van der Waals surface area contributed by atoms with Crippen molar-refractivity contribution < 1.29 is 13.8 Å². The molecule has 2 aromatic rings. The van der Waals surface area contributed by atoms with E-state index in [4.69, 9.17) is 0 Å². The topological polar surface area (TPSA) is 57.7 Å². The van der Waals surface area contributed by atoms with Crippen molar-refractivity contribution >= 4 is 22.6 Å². The lowest BCUT2D eigenvalue weighted by molar-refractivity contribution is 0.0519. The predicted octanol–water partition coefficient (Wildman–Crippen LogP) is 3.58. The van der Waals surface area contributed by atoms with E-state index in [1.165, 1.54) is 0 Å². The molecule has 2 amide bonds. The molecule has 0 saturated carbocycles. The molecule has 3 rings (SSSR count). The molecule has 1 aliphatic rings. The summed E-state index contributed by atoms with van der Waals surface area (Å²) in [6.45, 7) is 4.06. The molecular formula is C23H28N2O3S. The lowest BCUT2D eigenvalue weighted by Crippen LogP contribution is -2.49. The molecule has 0 aliphatic carbocycles. The fraction of sp³-hybridized carbons (Fsp3) is 0.391. The van der Waals surface area contributed by atoms with Crippen molar-refractivity contribution in [3.05, 3.63) is 65.7 Å². The highest BCUT2D eigenvalue weighted by molar-refractivity contribution is 7.84. The van der Waals surface area contributed by atoms with Crippen molar-refractivity contribution in [3.8, 4) is 0 Å². The SMILES string of the molecule is CCCN(C(=O)c1ccc(S(C)=O)cc1)C1CCN(C(=O)c2ccccc2)CC1. The number of likely N-dealkylation sites (tertiary alicyclic amines) is 1. The maximum Gasteiger partial charge on any atom is 0.254 e. The van der Waals surface area contributed by atoms with Gasteiger partial charge in [0.2, 0.25) is 0 Å². The first kappa shape index (κ1) is 21.2. The molecule has 0 N–H and O–H groups in total. The van der Waals surface area contributed by atoms with Gasteiger partial charge in [-0.2, -0.15) is 0 Å². The van der Waals surface area contributed by atoms with Gasteiger partial charge in [0.15, 0.2) is 0 Å². The molecule has 0 spiro atoms. The van der Waals surface area contributed by atoms with Crippen LogP contribution in [0.25, 0.3) is 0 Å². The highest BCUT2D eigenvalue weighted by Crippen LogP contribution is 2.21. The summed E-state index contributed by atoms with van der Waals surface area (Å²) < 4.78 is 11.6. The molecular weight excluding hydrogens is 384 g/mol. The minimum absolute atomic E-state index is 0.00752. The number of nitrogens with zero attached hydrogens (tertiary/aromatic N) is 2. The number of carbonyl (C=O) groups is 2. The zero-order chi connectivity index (χ0) is 20.8. The zero-order valence-electron chi connectivity index (χ0n) is 17.0. The summed E-state index contributed by atoms with van der Waals surface area (Å²) in [5.74, 6) is 0.0636. The van der Waals surface area contributed by atoms with Gasteiger partial charge < -0.3 is 9.80 Å². The maximum absolute atomic E-state index is 13.1. The van der Waals surface area contributed by atoms with Crippen LogP contribution < -0.4 is 0 Å². The van der Waals surface area contributed by atoms with E-state index in [1.54, 1.807) is 30.5 Å². The van der Waals surface area contributed by atoms with Gasteiger partial charge in [0.25, 0.3) is 11.8 Å². The smallest absolute Gasteiger partial charge is 0.254 e. The van der Waals surface area contributed by atoms with E-state index in [9.17, 15) is 13.8 Å². The lowest BCUT2D eigenvalue weighted by atomic mass is 10.0. The van der Waals surface area contributed by atoms with Crippen molar-refractivity contribution in [3.63, 3.8) is 0 Å². The third-order valence-corrected chi connectivity index (χ3v) is 6.31. The minimum atomic E-state index is -1.06. The molecule has 1 saturated heterocycles. The number of amides is 2. The van der Waals surface area contributed by atoms with Crippen molar-refractivity contribution in [1.82, 2.24) is 9.80 Å². The van der Waals surface area contributed by atoms with E-state index in [0.717, 1.165) is 24.2 Å². The molecule has 1 unspecified atom stereocenters. The summed E-state index contributed by atoms with van der Waals surface area (Å²) in [6, 6.07) is 16.5. The Labute approximate surface area is 175 Å². The highest BCUT2D eigenvalue weighted by Gasteiger charge is 2.30. The average molecular weight is 413 g/mol. The summed E-state index contributed by atoms with van der Waals surface area (Å²) >= 11 is 0. The second-order valence-electron chi connectivity index (χ2n) is 7.37. The van der Waals surface area contributed by atoms with Crippen molar-refractivity contribution in [2.24, 2.45) is 0 Å². The Balaban J connectivity index is 1.66.